The van der Waals surface area contributed by atoms with Crippen molar-refractivity contribution in [1.82, 2.24) is 4.90 Å². The van der Waals surface area contributed by atoms with E-state index < -0.39 is 62.0 Å². The number of carbonyl (C=O) groups excluding carboxylic acids is 4. The second-order valence-corrected chi connectivity index (χ2v) is 12.4. The number of rotatable bonds is 5. The largest absolute Gasteiger partial charge is 0.508 e. The van der Waals surface area contributed by atoms with Crippen LogP contribution in [-0.2, 0) is 19.2 Å². The normalized spacial score (nSPS) is 32.0. The minimum Gasteiger partial charge on any atom is -0.508 e. The van der Waals surface area contributed by atoms with Gasteiger partial charge < -0.3 is 9.84 Å². The van der Waals surface area contributed by atoms with Gasteiger partial charge in [-0.2, -0.15) is 0 Å². The average molecular weight is 679 g/mol. The van der Waals surface area contributed by atoms with Gasteiger partial charge in [0.2, 0.25) is 11.8 Å². The first-order valence-electron chi connectivity index (χ1n) is 12.9. The molecule has 6 atom stereocenters. The van der Waals surface area contributed by atoms with Crippen molar-refractivity contribution in [2.45, 2.75) is 28.5 Å². The number of benzene rings is 2. The number of anilines is 1. The van der Waals surface area contributed by atoms with E-state index in [4.69, 9.17) is 27.9 Å². The number of nitro benzene ring substituents is 1. The Kier molecular flexibility index (Phi) is 6.67. The Morgan fingerprint density at radius 1 is 1.07 bits per heavy atom. The number of hydrogen-bond acceptors (Lipinski definition) is 8. The van der Waals surface area contributed by atoms with E-state index in [9.17, 15) is 34.4 Å². The first-order chi connectivity index (χ1) is 19.9. The second kappa shape index (κ2) is 9.78. The van der Waals surface area contributed by atoms with Crippen LogP contribution in [0.25, 0.3) is 0 Å². The van der Waals surface area contributed by atoms with Crippen molar-refractivity contribution in [3.8, 4) is 11.5 Å². The van der Waals surface area contributed by atoms with Crippen molar-refractivity contribution in [2.24, 2.45) is 17.8 Å². The number of halogens is 3. The van der Waals surface area contributed by atoms with E-state index in [0.29, 0.717) is 11.3 Å². The van der Waals surface area contributed by atoms with Crippen molar-refractivity contribution >= 4 is 74.1 Å². The third-order valence-corrected chi connectivity index (χ3v) is 10.8. The summed E-state index contributed by atoms with van der Waals surface area (Å²) in [4.78, 5) is 63.5. The van der Waals surface area contributed by atoms with Gasteiger partial charge in [-0.1, -0.05) is 27.6 Å². The van der Waals surface area contributed by atoms with Crippen LogP contribution in [0.3, 0.4) is 0 Å². The van der Waals surface area contributed by atoms with Crippen molar-refractivity contribution in [3.05, 3.63) is 69.8 Å². The Morgan fingerprint density at radius 3 is 2.38 bits per heavy atom. The third-order valence-electron chi connectivity index (χ3n) is 8.88. The number of alkyl halides is 3. The number of methoxy groups -OCH3 is 1. The van der Waals surface area contributed by atoms with Gasteiger partial charge in [0, 0.05) is 23.6 Å². The SMILES string of the molecule is COc1ccc(O)c([C@H]2C3=CC[C@@H]4C(=O)N(c5ccc([N+](=O)[O-])cc5)C(=O)[C@@H]4[C@@H]3C[C@@]3(Cl)C(=O)N(CBr)C(=O)[C@@]23Cl)c1. The summed E-state index contributed by atoms with van der Waals surface area (Å²) in [5.41, 5.74) is 0.497. The molecule has 0 unspecified atom stereocenters. The van der Waals surface area contributed by atoms with Crippen LogP contribution in [0.15, 0.2) is 54.1 Å². The smallest absolute Gasteiger partial charge is 0.269 e. The van der Waals surface area contributed by atoms with Crippen LogP contribution in [0.4, 0.5) is 11.4 Å². The summed E-state index contributed by atoms with van der Waals surface area (Å²) in [6.07, 6.45) is 1.65. The summed E-state index contributed by atoms with van der Waals surface area (Å²) in [7, 11) is 1.43. The quantitative estimate of drug-likeness (QED) is 0.123. The average Bonchev–Trinajstić information content (AvgIpc) is 3.31. The van der Waals surface area contributed by atoms with Crippen molar-refractivity contribution in [1.29, 1.82) is 0 Å². The molecule has 14 heteroatoms. The molecule has 11 nitrogen and oxygen atoms in total. The van der Waals surface area contributed by atoms with Crippen molar-refractivity contribution in [2.75, 3.05) is 17.5 Å². The lowest BCUT2D eigenvalue weighted by Gasteiger charge is -2.50. The fourth-order valence-electron chi connectivity index (χ4n) is 6.97. The van der Waals surface area contributed by atoms with Crippen molar-refractivity contribution in [3.63, 3.8) is 0 Å². The van der Waals surface area contributed by atoms with Crippen LogP contribution in [0.5, 0.6) is 11.5 Å². The maximum Gasteiger partial charge on any atom is 0.269 e. The lowest BCUT2D eigenvalue weighted by molar-refractivity contribution is -0.384. The number of allylic oxidation sites excluding steroid dienone is 2. The highest BCUT2D eigenvalue weighted by molar-refractivity contribution is 9.09. The molecule has 2 aromatic carbocycles. The highest BCUT2D eigenvalue weighted by Crippen LogP contribution is 2.66. The first-order valence-corrected chi connectivity index (χ1v) is 14.8. The molecular formula is C28H22BrCl2N3O8. The number of imide groups is 2. The molecule has 3 fully saturated rings. The summed E-state index contributed by atoms with van der Waals surface area (Å²) < 4.78 is 5.36. The Balaban J connectivity index is 1.51. The second-order valence-electron chi connectivity index (χ2n) is 10.7. The topological polar surface area (TPSA) is 147 Å². The predicted octanol–water partition coefficient (Wildman–Crippen LogP) is 4.22. The van der Waals surface area contributed by atoms with E-state index in [-0.39, 0.29) is 41.0 Å². The standard InChI is InChI=1S/C28H22BrCl2N3O8/c1-42-15-6-9-20(35)18(10-15)22-16-7-8-17-21(19(16)11-27(30)25(38)32(12-29)26(39)28(22,27)31)24(37)33(23(17)36)13-2-4-14(5-3-13)34(40)41/h2-7,9-10,17,19,21-22,35H,8,11-12H2,1H3/t17-,19+,21-,22+,27+,28-/m0/s1. The van der Waals surface area contributed by atoms with E-state index in [1.165, 1.54) is 49.6 Å². The van der Waals surface area contributed by atoms with Gasteiger partial charge in [-0.15, -0.1) is 23.2 Å². The Hall–Kier alpha value is -3.48. The Bertz CT molecular complexity index is 1620. The van der Waals surface area contributed by atoms with Gasteiger partial charge >= 0.3 is 0 Å². The van der Waals surface area contributed by atoms with Crippen LogP contribution in [0, 0.1) is 27.9 Å². The van der Waals surface area contributed by atoms with Crippen LogP contribution < -0.4 is 9.64 Å². The summed E-state index contributed by atoms with van der Waals surface area (Å²) >= 11 is 17.5. The zero-order chi connectivity index (χ0) is 30.3. The predicted molar refractivity (Wildman–Crippen MR) is 154 cm³/mol. The summed E-state index contributed by atoms with van der Waals surface area (Å²) in [5, 5.41) is 22.1. The van der Waals surface area contributed by atoms with E-state index in [1.54, 1.807) is 6.08 Å². The first kappa shape index (κ1) is 28.6. The molecule has 0 bridgehead atoms. The number of fused-ring (bicyclic) bond motifs is 4. The number of phenols is 1. The molecule has 0 radical (unpaired) electrons. The lowest BCUT2D eigenvalue weighted by Crippen LogP contribution is -2.60. The maximum absolute atomic E-state index is 14.0. The zero-order valence-corrected chi connectivity index (χ0v) is 24.9. The highest BCUT2D eigenvalue weighted by atomic mass is 79.9. The van der Waals surface area contributed by atoms with Gasteiger partial charge in [-0.3, -0.25) is 39.1 Å². The number of non-ortho nitro benzene ring substituents is 1. The number of amides is 4. The number of aromatic hydroxyl groups is 1. The summed E-state index contributed by atoms with van der Waals surface area (Å²) in [5.74, 6) is -6.12. The Labute approximate surface area is 257 Å². The molecule has 2 heterocycles. The van der Waals surface area contributed by atoms with Gasteiger partial charge in [-0.05, 0) is 49.1 Å². The number of phenolic OH excluding ortho intramolecular Hbond substituents is 1. The van der Waals surface area contributed by atoms with E-state index in [1.807, 2.05) is 0 Å². The summed E-state index contributed by atoms with van der Waals surface area (Å²) in [6.45, 7) is 0. The van der Waals surface area contributed by atoms with Crippen LogP contribution >= 0.6 is 39.1 Å². The zero-order valence-electron chi connectivity index (χ0n) is 21.8. The molecule has 0 spiro atoms. The number of ether oxygens (including phenoxy) is 1. The molecule has 1 saturated carbocycles. The van der Waals surface area contributed by atoms with Crippen LogP contribution in [-0.4, -0.2) is 60.9 Å². The van der Waals surface area contributed by atoms with Crippen LogP contribution in [0.2, 0.25) is 0 Å². The molecule has 2 aliphatic heterocycles. The maximum atomic E-state index is 14.0. The Morgan fingerprint density at radius 2 is 1.76 bits per heavy atom. The molecule has 2 aliphatic carbocycles. The van der Waals surface area contributed by atoms with E-state index in [2.05, 4.69) is 15.9 Å². The van der Waals surface area contributed by atoms with Crippen molar-refractivity contribution < 1.29 is 33.9 Å². The van der Waals surface area contributed by atoms with Gasteiger partial charge in [-0.25, -0.2) is 0 Å². The number of hydrogen-bond donors (Lipinski definition) is 1. The molecule has 4 amide bonds. The van der Waals surface area contributed by atoms with Gasteiger partial charge in [0.25, 0.3) is 17.5 Å². The minimum atomic E-state index is -2.07. The fraction of sp³-hybridized carbons (Fsp3) is 0.357. The number of carbonyl (C=O) groups is 4. The fourth-order valence-corrected chi connectivity index (χ4v) is 8.38. The van der Waals surface area contributed by atoms with Gasteiger partial charge in [0.1, 0.15) is 11.5 Å². The molecule has 6 rings (SSSR count). The molecule has 2 saturated heterocycles. The lowest BCUT2D eigenvalue weighted by atomic mass is 9.56. The molecular weight excluding hydrogens is 657 g/mol. The monoisotopic (exact) mass is 677 g/mol. The molecule has 4 aliphatic rings. The van der Waals surface area contributed by atoms with Gasteiger partial charge in [0.05, 0.1) is 35.0 Å². The minimum absolute atomic E-state index is 0.123. The van der Waals surface area contributed by atoms with Crippen LogP contribution in [0.1, 0.15) is 24.3 Å². The number of nitro groups is 1. The van der Waals surface area contributed by atoms with E-state index >= 15 is 0 Å². The molecule has 0 aromatic heterocycles. The molecule has 2 aromatic rings. The molecule has 218 valence electrons. The molecule has 42 heavy (non-hydrogen) atoms. The third kappa shape index (κ3) is 3.64. The number of nitrogens with zero attached hydrogens (tertiary/aromatic N) is 3. The molecule has 1 N–H and O–H groups in total. The summed E-state index contributed by atoms with van der Waals surface area (Å²) in [6, 6.07) is 9.48. The highest BCUT2D eigenvalue weighted by Gasteiger charge is 2.76. The number of likely N-dealkylation sites (tertiary alicyclic amines) is 1. The van der Waals surface area contributed by atoms with Gasteiger partial charge in [0.15, 0.2) is 9.75 Å². The van der Waals surface area contributed by atoms with E-state index in [0.717, 1.165) is 9.80 Å².